The zero-order valence-corrected chi connectivity index (χ0v) is 20.9. The summed E-state index contributed by atoms with van der Waals surface area (Å²) in [5, 5.41) is 3.48. The number of carbonyl (C=O) groups is 1. The Morgan fingerprint density at radius 2 is 1.53 bits per heavy atom. The van der Waals surface area contributed by atoms with Gasteiger partial charge in [-0.1, -0.05) is 84.9 Å². The predicted octanol–water partition coefficient (Wildman–Crippen LogP) is 6.38. The van der Waals surface area contributed by atoms with Crippen LogP contribution < -0.4 is 10.1 Å². The van der Waals surface area contributed by atoms with E-state index in [0.29, 0.717) is 6.04 Å². The van der Waals surface area contributed by atoms with Crippen molar-refractivity contribution in [3.63, 3.8) is 0 Å². The molecule has 1 saturated heterocycles. The van der Waals surface area contributed by atoms with E-state index >= 15 is 0 Å². The number of hydrogen-bond acceptors (Lipinski definition) is 4. The van der Waals surface area contributed by atoms with E-state index in [4.69, 9.17) is 4.74 Å². The summed E-state index contributed by atoms with van der Waals surface area (Å²) in [5.41, 5.74) is 8.42. The molecule has 182 valence electrons. The van der Waals surface area contributed by atoms with Gasteiger partial charge in [-0.2, -0.15) is 0 Å². The minimum Gasteiger partial charge on any atom is -0.495 e. The summed E-state index contributed by atoms with van der Waals surface area (Å²) < 4.78 is 5.39. The van der Waals surface area contributed by atoms with Crippen molar-refractivity contribution in [2.75, 3.05) is 26.7 Å². The van der Waals surface area contributed by atoms with Crippen LogP contribution in [0.4, 0.5) is 0 Å². The lowest BCUT2D eigenvalue weighted by molar-refractivity contribution is 0.101. The molecule has 1 unspecified atom stereocenters. The number of ketones is 1. The van der Waals surface area contributed by atoms with Crippen molar-refractivity contribution in [3.05, 3.63) is 114 Å². The van der Waals surface area contributed by atoms with E-state index in [-0.39, 0.29) is 5.78 Å². The van der Waals surface area contributed by atoms with Crippen LogP contribution in [-0.4, -0.2) is 37.4 Å². The van der Waals surface area contributed by atoms with Gasteiger partial charge in [-0.3, -0.25) is 9.69 Å². The lowest BCUT2D eigenvalue weighted by Crippen LogP contribution is -2.45. The highest BCUT2D eigenvalue weighted by Gasteiger charge is 2.25. The molecule has 36 heavy (non-hydrogen) atoms. The number of rotatable bonds is 6. The van der Waals surface area contributed by atoms with Crippen LogP contribution in [0, 0.1) is 0 Å². The Labute approximate surface area is 213 Å². The number of hydrogen-bond donors (Lipinski definition) is 1. The Hall–Kier alpha value is -3.73. The quantitative estimate of drug-likeness (QED) is 0.289. The highest BCUT2D eigenvalue weighted by molar-refractivity contribution is 5.97. The van der Waals surface area contributed by atoms with Crippen LogP contribution in [0.15, 0.2) is 97.1 Å². The first-order valence-electron chi connectivity index (χ1n) is 12.5. The van der Waals surface area contributed by atoms with E-state index in [1.165, 1.54) is 33.4 Å². The topological polar surface area (TPSA) is 41.6 Å². The van der Waals surface area contributed by atoms with Crippen molar-refractivity contribution in [1.29, 1.82) is 0 Å². The average molecular weight is 477 g/mol. The Kier molecular flexibility index (Phi) is 7.26. The van der Waals surface area contributed by atoms with Crippen LogP contribution in [0.5, 0.6) is 5.75 Å². The highest BCUT2D eigenvalue weighted by Crippen LogP contribution is 2.50. The molecule has 0 aromatic heterocycles. The molecule has 0 spiro atoms. The largest absolute Gasteiger partial charge is 0.495 e. The van der Waals surface area contributed by atoms with Crippen molar-refractivity contribution in [2.24, 2.45) is 0 Å². The van der Waals surface area contributed by atoms with E-state index in [9.17, 15) is 4.79 Å². The molecule has 4 nitrogen and oxygen atoms in total. The Morgan fingerprint density at radius 3 is 2.17 bits per heavy atom. The van der Waals surface area contributed by atoms with Gasteiger partial charge in [-0.25, -0.2) is 0 Å². The predicted molar refractivity (Wildman–Crippen MR) is 146 cm³/mol. The molecular formula is C32H32N2O2. The third kappa shape index (κ3) is 5.40. The Bertz CT molecular complexity index is 1320. The van der Waals surface area contributed by atoms with Gasteiger partial charge in [-0.05, 0) is 41.3 Å². The molecule has 1 N–H and O–H groups in total. The van der Waals surface area contributed by atoms with Crippen molar-refractivity contribution in [1.82, 2.24) is 10.2 Å². The monoisotopic (exact) mass is 476 g/mol. The van der Waals surface area contributed by atoms with Crippen LogP contribution in [0.3, 0.4) is 0 Å². The maximum Gasteiger partial charge on any atom is 0.159 e. The number of ether oxygens (including phenoxy) is 1. The van der Waals surface area contributed by atoms with Gasteiger partial charge in [0.05, 0.1) is 7.11 Å². The number of fused-ring (bicyclic) bond motifs is 1. The number of piperazine rings is 1. The SMILES string of the molecule is CC(=O)c1ccc(C2CNCCN2Cc2ccccc2)cc1.COc1c(-c2ccccc2)cc2cc1-2. The number of nitrogens with zero attached hydrogens (tertiary/aromatic N) is 1. The normalized spacial score (nSPS) is 16.0. The fraction of sp³-hybridized carbons (Fsp3) is 0.219. The maximum absolute atomic E-state index is 11.4. The lowest BCUT2D eigenvalue weighted by Gasteiger charge is -2.36. The first kappa shape index (κ1) is 24.0. The van der Waals surface area contributed by atoms with Gasteiger partial charge in [0, 0.05) is 48.9 Å². The van der Waals surface area contributed by atoms with Crippen LogP contribution in [0.2, 0.25) is 0 Å². The second kappa shape index (κ2) is 10.9. The molecule has 3 aromatic carbocycles. The van der Waals surface area contributed by atoms with Crippen molar-refractivity contribution >= 4 is 5.78 Å². The number of nitrogens with one attached hydrogen (secondary N) is 1. The second-order valence-electron chi connectivity index (χ2n) is 9.32. The van der Waals surface area contributed by atoms with Gasteiger partial charge in [0.1, 0.15) is 5.75 Å². The molecule has 1 aliphatic heterocycles. The number of benzene rings is 4. The van der Waals surface area contributed by atoms with Gasteiger partial charge in [-0.15, -0.1) is 0 Å². The molecule has 2 aliphatic carbocycles. The smallest absolute Gasteiger partial charge is 0.159 e. The van der Waals surface area contributed by atoms with Crippen molar-refractivity contribution in [2.45, 2.75) is 19.5 Å². The molecule has 1 fully saturated rings. The molecule has 0 radical (unpaired) electrons. The summed E-state index contributed by atoms with van der Waals surface area (Å²) >= 11 is 0. The lowest BCUT2D eigenvalue weighted by atomic mass is 10.00. The first-order valence-corrected chi connectivity index (χ1v) is 12.5. The minimum absolute atomic E-state index is 0.120. The molecule has 0 amide bonds. The van der Waals surface area contributed by atoms with E-state index in [1.807, 2.05) is 30.3 Å². The minimum atomic E-state index is 0.120. The molecule has 6 rings (SSSR count). The maximum atomic E-state index is 11.4. The van der Waals surface area contributed by atoms with Crippen LogP contribution in [0.1, 0.15) is 34.5 Å². The number of methoxy groups -OCH3 is 1. The van der Waals surface area contributed by atoms with E-state index in [2.05, 4.69) is 76.9 Å². The van der Waals surface area contributed by atoms with Gasteiger partial charge in [0.25, 0.3) is 0 Å². The standard InChI is InChI=1S/C19H22N2O.C13H10O/c1-15(22)17-7-9-18(10-8-17)19-13-20-11-12-21(19)14-16-5-3-2-4-6-16;1-14-13-11(7-10-8-12(10)13)9-5-3-2-4-6-9/h2-10,19-20H,11-14H2,1H3;2-8H,1H3. The van der Waals surface area contributed by atoms with Crippen LogP contribution in [-0.2, 0) is 6.54 Å². The van der Waals surface area contributed by atoms with Gasteiger partial charge in [0.2, 0.25) is 0 Å². The summed E-state index contributed by atoms with van der Waals surface area (Å²) in [4.78, 5) is 13.9. The van der Waals surface area contributed by atoms with Gasteiger partial charge in [0.15, 0.2) is 5.78 Å². The molecule has 0 saturated carbocycles. The third-order valence-electron chi connectivity index (χ3n) is 6.89. The molecule has 1 atom stereocenters. The molecule has 3 aromatic rings. The molecular weight excluding hydrogens is 444 g/mol. The summed E-state index contributed by atoms with van der Waals surface area (Å²) in [5.74, 6) is 1.14. The summed E-state index contributed by atoms with van der Waals surface area (Å²) in [6.45, 7) is 5.58. The molecule has 4 heteroatoms. The van der Waals surface area contributed by atoms with E-state index in [0.717, 1.165) is 37.5 Å². The summed E-state index contributed by atoms with van der Waals surface area (Å²) in [6, 6.07) is 33.7. The fourth-order valence-electron chi connectivity index (χ4n) is 4.88. The van der Waals surface area contributed by atoms with Gasteiger partial charge < -0.3 is 10.1 Å². The molecule has 0 bridgehead atoms. The summed E-state index contributed by atoms with van der Waals surface area (Å²) in [7, 11) is 1.73. The highest BCUT2D eigenvalue weighted by atomic mass is 16.5. The third-order valence-corrected chi connectivity index (χ3v) is 6.89. The van der Waals surface area contributed by atoms with Crippen molar-refractivity contribution in [3.8, 4) is 28.0 Å². The number of carbonyl (C=O) groups excluding carboxylic acids is 1. The van der Waals surface area contributed by atoms with E-state index in [1.54, 1.807) is 14.0 Å². The molecule has 1 heterocycles. The second-order valence-corrected chi connectivity index (χ2v) is 9.32. The zero-order valence-electron chi connectivity index (χ0n) is 20.9. The van der Waals surface area contributed by atoms with Crippen molar-refractivity contribution < 1.29 is 9.53 Å². The fourth-order valence-corrected chi connectivity index (χ4v) is 4.88. The molecule has 3 aliphatic rings. The van der Waals surface area contributed by atoms with Crippen LogP contribution in [0.25, 0.3) is 22.3 Å². The summed E-state index contributed by atoms with van der Waals surface area (Å²) in [6.07, 6.45) is 0. The van der Waals surface area contributed by atoms with Crippen LogP contribution >= 0.6 is 0 Å². The van der Waals surface area contributed by atoms with E-state index < -0.39 is 0 Å². The Balaban J connectivity index is 0.000000163. The van der Waals surface area contributed by atoms with Gasteiger partial charge >= 0.3 is 0 Å². The zero-order chi connectivity index (χ0) is 24.9. The Morgan fingerprint density at radius 1 is 0.889 bits per heavy atom. The first-order chi connectivity index (χ1) is 17.6. The number of Topliss-reactive ketones (excluding diaryl/α,β-unsaturated/α-hetero) is 1. The average Bonchev–Trinajstić information content (AvgIpc) is 3.60.